The van der Waals surface area contributed by atoms with Gasteiger partial charge < -0.3 is 10.7 Å². The summed E-state index contributed by atoms with van der Waals surface area (Å²) in [5.41, 5.74) is 6.85. The maximum Gasteiger partial charge on any atom is 0.258 e. The van der Waals surface area contributed by atoms with Gasteiger partial charge >= 0.3 is 0 Å². The summed E-state index contributed by atoms with van der Waals surface area (Å²) in [6, 6.07) is 5.56. The van der Waals surface area contributed by atoms with Gasteiger partial charge in [0.25, 0.3) is 5.56 Å². The second-order valence-corrected chi connectivity index (χ2v) is 7.32. The van der Waals surface area contributed by atoms with Crippen LogP contribution in [0.25, 0.3) is 10.9 Å². The van der Waals surface area contributed by atoms with Crippen molar-refractivity contribution in [1.29, 1.82) is 0 Å². The van der Waals surface area contributed by atoms with Crippen molar-refractivity contribution in [3.8, 4) is 0 Å². The van der Waals surface area contributed by atoms with Crippen molar-refractivity contribution >= 4 is 22.5 Å². The molecule has 1 aromatic carbocycles. The number of benzene rings is 1. The molecule has 2 heterocycles. The molecule has 0 radical (unpaired) electrons. The maximum atomic E-state index is 12.2. The van der Waals surface area contributed by atoms with E-state index in [1.807, 2.05) is 0 Å². The molecule has 3 N–H and O–H groups in total. The molecular formula is C17H21ClN4O. The minimum atomic E-state index is -0.124. The SMILES string of the molecule is NC1CCCC2CN(Cc3nc4ccc(Cl)cc4c(=O)[nH]3)CC12. The van der Waals surface area contributed by atoms with Crippen molar-refractivity contribution in [2.75, 3.05) is 13.1 Å². The van der Waals surface area contributed by atoms with Crippen molar-refractivity contribution in [1.82, 2.24) is 14.9 Å². The van der Waals surface area contributed by atoms with Gasteiger partial charge in [0.05, 0.1) is 17.4 Å². The summed E-state index contributed by atoms with van der Waals surface area (Å²) >= 11 is 5.95. The number of rotatable bonds is 2. The van der Waals surface area contributed by atoms with E-state index in [1.54, 1.807) is 18.2 Å². The Balaban J connectivity index is 1.56. The molecule has 5 nitrogen and oxygen atoms in total. The molecule has 3 unspecified atom stereocenters. The Morgan fingerprint density at radius 1 is 1.35 bits per heavy atom. The lowest BCUT2D eigenvalue weighted by Crippen LogP contribution is -2.38. The van der Waals surface area contributed by atoms with Crippen LogP contribution < -0.4 is 11.3 Å². The van der Waals surface area contributed by atoms with Gasteiger partial charge in [0, 0.05) is 24.2 Å². The van der Waals surface area contributed by atoms with Crippen molar-refractivity contribution < 1.29 is 0 Å². The lowest BCUT2D eigenvalue weighted by atomic mass is 9.78. The molecule has 1 saturated carbocycles. The smallest absolute Gasteiger partial charge is 0.258 e. The molecule has 1 aliphatic carbocycles. The van der Waals surface area contributed by atoms with Gasteiger partial charge in [-0.1, -0.05) is 18.0 Å². The van der Waals surface area contributed by atoms with Crippen molar-refractivity contribution in [3.05, 3.63) is 39.4 Å². The van der Waals surface area contributed by atoms with Gasteiger partial charge in [-0.3, -0.25) is 9.69 Å². The number of likely N-dealkylation sites (tertiary alicyclic amines) is 1. The van der Waals surface area contributed by atoms with Gasteiger partial charge in [-0.25, -0.2) is 4.98 Å². The number of hydrogen-bond acceptors (Lipinski definition) is 4. The molecule has 23 heavy (non-hydrogen) atoms. The molecule has 4 rings (SSSR count). The van der Waals surface area contributed by atoms with Crippen molar-refractivity contribution in [2.24, 2.45) is 17.6 Å². The first kappa shape index (κ1) is 15.1. The van der Waals surface area contributed by atoms with Crippen molar-refractivity contribution in [3.63, 3.8) is 0 Å². The number of nitrogens with zero attached hydrogens (tertiary/aromatic N) is 2. The van der Waals surface area contributed by atoms with E-state index in [9.17, 15) is 4.79 Å². The monoisotopic (exact) mass is 332 g/mol. The first-order chi connectivity index (χ1) is 11.1. The Bertz CT molecular complexity index is 790. The number of hydrogen-bond donors (Lipinski definition) is 2. The summed E-state index contributed by atoms with van der Waals surface area (Å²) in [5.74, 6) is 2.01. The second kappa shape index (κ2) is 5.89. The number of aromatic amines is 1. The molecular weight excluding hydrogens is 312 g/mol. The number of nitrogens with one attached hydrogen (secondary N) is 1. The minimum Gasteiger partial charge on any atom is -0.327 e. The average molecular weight is 333 g/mol. The van der Waals surface area contributed by atoms with Crippen LogP contribution >= 0.6 is 11.6 Å². The molecule has 2 fully saturated rings. The predicted octanol–water partition coefficient (Wildman–Crippen LogP) is 2.14. The number of halogens is 1. The quantitative estimate of drug-likeness (QED) is 0.883. The zero-order chi connectivity index (χ0) is 16.0. The second-order valence-electron chi connectivity index (χ2n) is 6.89. The minimum absolute atomic E-state index is 0.124. The Hall–Kier alpha value is -1.43. The zero-order valence-electron chi connectivity index (χ0n) is 13.0. The Morgan fingerprint density at radius 2 is 2.22 bits per heavy atom. The van der Waals surface area contributed by atoms with Crippen molar-refractivity contribution in [2.45, 2.75) is 31.8 Å². The van der Waals surface area contributed by atoms with Crippen LogP contribution in [0.15, 0.2) is 23.0 Å². The molecule has 1 aliphatic heterocycles. The molecule has 6 heteroatoms. The summed E-state index contributed by atoms with van der Waals surface area (Å²) in [6.45, 7) is 2.74. The van der Waals surface area contributed by atoms with E-state index in [-0.39, 0.29) is 5.56 Å². The zero-order valence-corrected chi connectivity index (χ0v) is 13.7. The van der Waals surface area contributed by atoms with Crippen LogP contribution in [0.1, 0.15) is 25.1 Å². The predicted molar refractivity (Wildman–Crippen MR) is 91.5 cm³/mol. The fourth-order valence-corrected chi connectivity index (χ4v) is 4.36. The van der Waals surface area contributed by atoms with E-state index < -0.39 is 0 Å². The van der Waals surface area contributed by atoms with Gasteiger partial charge in [0.2, 0.25) is 0 Å². The molecule has 2 aromatic rings. The van der Waals surface area contributed by atoms with Crippen LogP contribution in [0.5, 0.6) is 0 Å². The highest BCUT2D eigenvalue weighted by atomic mass is 35.5. The van der Waals surface area contributed by atoms with Crippen LogP contribution in [0.3, 0.4) is 0 Å². The van der Waals surface area contributed by atoms with Crippen LogP contribution in [-0.2, 0) is 6.54 Å². The maximum absolute atomic E-state index is 12.2. The van der Waals surface area contributed by atoms with E-state index in [4.69, 9.17) is 17.3 Å². The molecule has 1 saturated heterocycles. The molecule has 0 bridgehead atoms. The Morgan fingerprint density at radius 3 is 3.04 bits per heavy atom. The van der Waals surface area contributed by atoms with E-state index >= 15 is 0 Å². The van der Waals surface area contributed by atoms with E-state index in [2.05, 4.69) is 14.9 Å². The summed E-state index contributed by atoms with van der Waals surface area (Å²) < 4.78 is 0. The highest BCUT2D eigenvalue weighted by Crippen LogP contribution is 2.35. The topological polar surface area (TPSA) is 75.0 Å². The average Bonchev–Trinajstić information content (AvgIpc) is 2.92. The summed E-state index contributed by atoms with van der Waals surface area (Å²) in [6.07, 6.45) is 3.65. The third-order valence-electron chi connectivity index (χ3n) is 5.32. The van der Waals surface area contributed by atoms with Crippen LogP contribution in [0.2, 0.25) is 5.02 Å². The van der Waals surface area contributed by atoms with Crippen LogP contribution in [0, 0.1) is 11.8 Å². The first-order valence-electron chi connectivity index (χ1n) is 8.26. The molecule has 3 atom stereocenters. The summed E-state index contributed by atoms with van der Waals surface area (Å²) in [5, 5.41) is 1.09. The highest BCUT2D eigenvalue weighted by molar-refractivity contribution is 6.31. The number of aromatic nitrogens is 2. The number of H-pyrrole nitrogens is 1. The van der Waals surface area contributed by atoms with Crippen LogP contribution in [-0.4, -0.2) is 34.0 Å². The van der Waals surface area contributed by atoms with Crippen LogP contribution in [0.4, 0.5) is 0 Å². The number of nitrogens with two attached hydrogens (primary N) is 1. The molecule has 2 aliphatic rings. The lowest BCUT2D eigenvalue weighted by molar-refractivity contribution is 0.259. The standard InChI is InChI=1S/C17H21ClN4O/c18-11-4-5-15-12(6-11)17(23)21-16(20-15)9-22-7-10-2-1-3-14(19)13(10)8-22/h4-6,10,13-14H,1-3,7-9,19H2,(H,20,21,23). The summed E-state index contributed by atoms with van der Waals surface area (Å²) in [4.78, 5) is 22.1. The largest absolute Gasteiger partial charge is 0.327 e. The molecule has 1 aromatic heterocycles. The van der Waals surface area contributed by atoms with E-state index in [0.717, 1.165) is 25.3 Å². The third-order valence-corrected chi connectivity index (χ3v) is 5.55. The fourth-order valence-electron chi connectivity index (χ4n) is 4.18. The molecule has 0 amide bonds. The van der Waals surface area contributed by atoms with E-state index in [1.165, 1.54) is 12.8 Å². The van der Waals surface area contributed by atoms with Gasteiger partial charge in [-0.2, -0.15) is 0 Å². The number of fused-ring (bicyclic) bond motifs is 2. The van der Waals surface area contributed by atoms with E-state index in [0.29, 0.717) is 40.3 Å². The Kier molecular flexibility index (Phi) is 3.87. The fraction of sp³-hybridized carbons (Fsp3) is 0.529. The van der Waals surface area contributed by atoms with Gasteiger partial charge in [-0.15, -0.1) is 0 Å². The van der Waals surface area contributed by atoms with Gasteiger partial charge in [-0.05, 0) is 42.9 Å². The first-order valence-corrected chi connectivity index (χ1v) is 8.64. The Labute approximate surface area is 139 Å². The highest BCUT2D eigenvalue weighted by Gasteiger charge is 2.38. The van der Waals surface area contributed by atoms with Gasteiger partial charge in [0.1, 0.15) is 5.82 Å². The molecule has 0 spiro atoms. The normalized spacial score (nSPS) is 28.2. The summed E-state index contributed by atoms with van der Waals surface area (Å²) in [7, 11) is 0. The third kappa shape index (κ3) is 2.89. The lowest BCUT2D eigenvalue weighted by Gasteiger charge is -2.29. The molecule has 122 valence electrons. The van der Waals surface area contributed by atoms with Gasteiger partial charge in [0.15, 0.2) is 0 Å².